The van der Waals surface area contributed by atoms with Crippen molar-refractivity contribution in [3.8, 4) is 11.5 Å². The Morgan fingerprint density at radius 1 is 1.30 bits per heavy atom. The Morgan fingerprint density at radius 2 is 2.04 bits per heavy atom. The maximum atomic E-state index is 5.40. The van der Waals surface area contributed by atoms with E-state index in [2.05, 4.69) is 15.7 Å². The summed E-state index contributed by atoms with van der Waals surface area (Å²) in [4.78, 5) is 0. The Balaban J connectivity index is 2.09. The predicted octanol–water partition coefficient (Wildman–Crippen LogP) is 2.79. The molecule has 6 nitrogen and oxygen atoms in total. The van der Waals surface area contributed by atoms with Gasteiger partial charge in [0.1, 0.15) is 11.5 Å². The molecule has 0 aliphatic carbocycles. The van der Waals surface area contributed by atoms with Crippen LogP contribution in [0.25, 0.3) is 0 Å². The number of hydrogen-bond donors (Lipinski definition) is 2. The van der Waals surface area contributed by atoms with E-state index in [4.69, 9.17) is 21.7 Å². The molecule has 0 amide bonds. The van der Waals surface area contributed by atoms with Crippen LogP contribution < -0.4 is 20.1 Å². The second kappa shape index (κ2) is 7.32. The van der Waals surface area contributed by atoms with Crippen molar-refractivity contribution < 1.29 is 9.47 Å². The molecule has 1 heterocycles. The van der Waals surface area contributed by atoms with Gasteiger partial charge in [0.05, 0.1) is 32.1 Å². The lowest BCUT2D eigenvalue weighted by atomic mass is 10.1. The summed E-state index contributed by atoms with van der Waals surface area (Å²) in [6.07, 6.45) is 1.85. The molecule has 7 heteroatoms. The summed E-state index contributed by atoms with van der Waals surface area (Å²) in [5.74, 6) is 1.42. The molecule has 23 heavy (non-hydrogen) atoms. The highest BCUT2D eigenvalue weighted by Crippen LogP contribution is 2.29. The molecule has 1 unspecified atom stereocenters. The Hall–Kier alpha value is -2.28. The number of hydrogen-bond acceptors (Lipinski definition) is 4. The van der Waals surface area contributed by atoms with Crippen molar-refractivity contribution in [1.82, 2.24) is 15.1 Å². The Labute approximate surface area is 141 Å². The predicted molar refractivity (Wildman–Crippen MR) is 95.3 cm³/mol. The van der Waals surface area contributed by atoms with E-state index < -0.39 is 0 Å². The van der Waals surface area contributed by atoms with E-state index >= 15 is 0 Å². The minimum atomic E-state index is 0.0419. The average molecular weight is 334 g/mol. The van der Waals surface area contributed by atoms with Gasteiger partial charge in [0.2, 0.25) is 0 Å². The van der Waals surface area contributed by atoms with Crippen LogP contribution >= 0.6 is 12.2 Å². The van der Waals surface area contributed by atoms with Crippen LogP contribution in [0.4, 0.5) is 5.69 Å². The van der Waals surface area contributed by atoms with Crippen LogP contribution in [0.2, 0.25) is 0 Å². The van der Waals surface area contributed by atoms with Crippen LogP contribution in [-0.2, 0) is 7.05 Å². The molecular weight excluding hydrogens is 312 g/mol. The first kappa shape index (κ1) is 17.1. The minimum absolute atomic E-state index is 0.0419. The number of ether oxygens (including phenoxy) is 2. The molecule has 0 fully saturated rings. The third kappa shape index (κ3) is 3.92. The van der Waals surface area contributed by atoms with Gasteiger partial charge in [-0.05, 0) is 38.2 Å². The second-order valence-corrected chi connectivity index (χ2v) is 5.60. The summed E-state index contributed by atoms with van der Waals surface area (Å²) in [6.45, 7) is 4.07. The van der Waals surface area contributed by atoms with Gasteiger partial charge in [0.25, 0.3) is 0 Å². The van der Waals surface area contributed by atoms with E-state index in [1.807, 2.05) is 50.0 Å². The molecule has 0 aliphatic heterocycles. The number of thiocarbonyl (C=S) groups is 1. The van der Waals surface area contributed by atoms with Gasteiger partial charge in [-0.2, -0.15) is 5.10 Å². The van der Waals surface area contributed by atoms with E-state index in [0.717, 1.165) is 22.7 Å². The first-order valence-electron chi connectivity index (χ1n) is 7.24. The smallest absolute Gasteiger partial charge is 0.171 e. The molecule has 1 atom stereocenters. The van der Waals surface area contributed by atoms with Gasteiger partial charge in [0, 0.05) is 24.4 Å². The van der Waals surface area contributed by atoms with Gasteiger partial charge in [0.15, 0.2) is 5.11 Å². The van der Waals surface area contributed by atoms with Crippen molar-refractivity contribution in [1.29, 1.82) is 0 Å². The van der Waals surface area contributed by atoms with Crippen molar-refractivity contribution in [2.24, 2.45) is 7.05 Å². The summed E-state index contributed by atoms with van der Waals surface area (Å²) in [6, 6.07) is 5.55. The quantitative estimate of drug-likeness (QED) is 0.820. The number of nitrogens with one attached hydrogen (secondary N) is 2. The fourth-order valence-electron chi connectivity index (χ4n) is 2.29. The number of nitrogens with zero attached hydrogens (tertiary/aromatic N) is 2. The first-order valence-corrected chi connectivity index (χ1v) is 7.65. The molecule has 0 saturated heterocycles. The molecule has 0 spiro atoms. The normalized spacial score (nSPS) is 11.7. The maximum Gasteiger partial charge on any atom is 0.171 e. The van der Waals surface area contributed by atoms with E-state index in [9.17, 15) is 0 Å². The molecule has 2 rings (SSSR count). The minimum Gasteiger partial charge on any atom is -0.497 e. The number of benzene rings is 1. The number of rotatable bonds is 5. The van der Waals surface area contributed by atoms with Crippen LogP contribution in [-0.4, -0.2) is 29.1 Å². The standard InChI is InChI=1S/C16H22N4O2S/c1-10(13-9-17-20(3)11(13)2)18-16(23)19-14-8-12(21-4)6-7-15(14)22-5/h6-10H,1-5H3,(H2,18,19,23). The van der Waals surface area contributed by atoms with Gasteiger partial charge < -0.3 is 20.1 Å². The molecule has 124 valence electrons. The lowest BCUT2D eigenvalue weighted by Crippen LogP contribution is -2.31. The van der Waals surface area contributed by atoms with Gasteiger partial charge in [-0.1, -0.05) is 0 Å². The fraction of sp³-hybridized carbons (Fsp3) is 0.375. The third-order valence-electron chi connectivity index (χ3n) is 3.74. The molecule has 0 aliphatic rings. The van der Waals surface area contributed by atoms with Crippen molar-refractivity contribution in [2.75, 3.05) is 19.5 Å². The highest BCUT2D eigenvalue weighted by molar-refractivity contribution is 7.80. The summed E-state index contributed by atoms with van der Waals surface area (Å²) in [5, 5.41) is 11.2. The van der Waals surface area contributed by atoms with Crippen molar-refractivity contribution in [3.63, 3.8) is 0 Å². The second-order valence-electron chi connectivity index (χ2n) is 5.20. The van der Waals surface area contributed by atoms with Crippen molar-refractivity contribution in [2.45, 2.75) is 19.9 Å². The lowest BCUT2D eigenvalue weighted by Gasteiger charge is -2.18. The van der Waals surface area contributed by atoms with Crippen molar-refractivity contribution >= 4 is 23.0 Å². The number of methoxy groups -OCH3 is 2. The van der Waals surface area contributed by atoms with Gasteiger partial charge in [-0.3, -0.25) is 4.68 Å². The van der Waals surface area contributed by atoms with Crippen LogP contribution in [0, 0.1) is 6.92 Å². The molecule has 2 N–H and O–H groups in total. The summed E-state index contributed by atoms with van der Waals surface area (Å²) >= 11 is 5.40. The third-order valence-corrected chi connectivity index (χ3v) is 3.96. The monoisotopic (exact) mass is 334 g/mol. The van der Waals surface area contributed by atoms with Crippen LogP contribution in [0.15, 0.2) is 24.4 Å². The van der Waals surface area contributed by atoms with E-state index in [1.54, 1.807) is 14.2 Å². The Bertz CT molecular complexity index is 699. The Kier molecular flexibility index (Phi) is 5.44. The molecule has 0 radical (unpaired) electrons. The van der Waals surface area contributed by atoms with E-state index in [0.29, 0.717) is 10.9 Å². The van der Waals surface area contributed by atoms with Gasteiger partial charge in [-0.15, -0.1) is 0 Å². The summed E-state index contributed by atoms with van der Waals surface area (Å²) in [5.41, 5.74) is 2.96. The first-order chi connectivity index (χ1) is 11.0. The van der Waals surface area contributed by atoms with Crippen LogP contribution in [0.5, 0.6) is 11.5 Å². The Morgan fingerprint density at radius 3 is 2.61 bits per heavy atom. The maximum absolute atomic E-state index is 5.40. The molecule has 0 saturated carbocycles. The zero-order valence-corrected chi connectivity index (χ0v) is 14.8. The highest BCUT2D eigenvalue weighted by Gasteiger charge is 2.14. The molecule has 1 aromatic carbocycles. The van der Waals surface area contributed by atoms with Gasteiger partial charge in [-0.25, -0.2) is 0 Å². The number of aryl methyl sites for hydroxylation is 1. The molecule has 0 bridgehead atoms. The zero-order chi connectivity index (χ0) is 17.0. The van der Waals surface area contributed by atoms with Crippen LogP contribution in [0.3, 0.4) is 0 Å². The number of aromatic nitrogens is 2. The van der Waals surface area contributed by atoms with E-state index in [1.165, 1.54) is 0 Å². The van der Waals surface area contributed by atoms with E-state index in [-0.39, 0.29) is 6.04 Å². The highest BCUT2D eigenvalue weighted by atomic mass is 32.1. The largest absolute Gasteiger partial charge is 0.497 e. The number of anilines is 1. The lowest BCUT2D eigenvalue weighted by molar-refractivity contribution is 0.405. The van der Waals surface area contributed by atoms with Crippen molar-refractivity contribution in [3.05, 3.63) is 35.7 Å². The molecule has 2 aromatic rings. The summed E-state index contributed by atoms with van der Waals surface area (Å²) in [7, 11) is 5.16. The SMILES string of the molecule is COc1ccc(OC)c(NC(=S)NC(C)c2cnn(C)c2C)c1. The zero-order valence-electron chi connectivity index (χ0n) is 14.0. The summed E-state index contributed by atoms with van der Waals surface area (Å²) < 4.78 is 12.4. The average Bonchev–Trinajstić information content (AvgIpc) is 2.86. The molecule has 1 aromatic heterocycles. The van der Waals surface area contributed by atoms with Crippen LogP contribution in [0.1, 0.15) is 24.2 Å². The molecular formula is C16H22N4O2S. The fourth-order valence-corrected chi connectivity index (χ4v) is 2.57. The topological polar surface area (TPSA) is 60.3 Å². The van der Waals surface area contributed by atoms with Gasteiger partial charge >= 0.3 is 0 Å².